The van der Waals surface area contributed by atoms with Gasteiger partial charge in [-0.25, -0.2) is 13.1 Å². The number of aliphatic imine (C=N–C) groups is 1. The molecule has 0 aromatic heterocycles. The fourth-order valence-corrected chi connectivity index (χ4v) is 4.34. The number of sulfonamides is 1. The Labute approximate surface area is 164 Å². The van der Waals surface area contributed by atoms with Crippen LogP contribution in [-0.2, 0) is 10.0 Å². The molecule has 2 rings (SSSR count). The fourth-order valence-electron chi connectivity index (χ4n) is 3.00. The van der Waals surface area contributed by atoms with Crippen molar-refractivity contribution in [2.75, 3.05) is 37.8 Å². The van der Waals surface area contributed by atoms with Gasteiger partial charge < -0.3 is 15.5 Å². The van der Waals surface area contributed by atoms with E-state index in [0.29, 0.717) is 12.5 Å². The van der Waals surface area contributed by atoms with Gasteiger partial charge in [-0.1, -0.05) is 15.9 Å². The number of nitrogens with one attached hydrogen (secondary N) is 3. The number of rotatable bonds is 6. The molecule has 1 aromatic carbocycles. The van der Waals surface area contributed by atoms with Crippen molar-refractivity contribution >= 4 is 37.6 Å². The van der Waals surface area contributed by atoms with Gasteiger partial charge in [-0.05, 0) is 44.5 Å². The van der Waals surface area contributed by atoms with Gasteiger partial charge in [0.1, 0.15) is 0 Å². The van der Waals surface area contributed by atoms with Gasteiger partial charge in [0.2, 0.25) is 10.0 Å². The topological polar surface area (TPSA) is 85.8 Å². The molecule has 1 saturated heterocycles. The zero-order valence-corrected chi connectivity index (χ0v) is 18.1. The van der Waals surface area contributed by atoms with E-state index in [1.54, 1.807) is 7.05 Å². The number of benzene rings is 1. The van der Waals surface area contributed by atoms with E-state index in [1.807, 2.05) is 26.0 Å². The lowest BCUT2D eigenvalue weighted by Gasteiger charge is -2.27. The van der Waals surface area contributed by atoms with E-state index in [9.17, 15) is 8.42 Å². The van der Waals surface area contributed by atoms with Crippen molar-refractivity contribution in [3.63, 3.8) is 0 Å². The van der Waals surface area contributed by atoms with Gasteiger partial charge in [0.15, 0.2) is 5.96 Å². The Morgan fingerprint density at radius 1 is 1.35 bits per heavy atom. The maximum Gasteiger partial charge on any atom is 0.209 e. The highest BCUT2D eigenvalue weighted by molar-refractivity contribution is 9.10. The molecular formula is C17H28BrN5O2S. The van der Waals surface area contributed by atoms with Crippen LogP contribution in [0.3, 0.4) is 0 Å². The standard InChI is InChI=1S/C17H28BrN5O2S/c1-17(2,22-26(4,24)25)12-20-16(19-3)21-14-9-10-23(11-14)15-7-5-13(18)6-8-15/h5-8,14,22H,9-12H2,1-4H3,(H2,19,20,21). The average Bonchev–Trinajstić information content (AvgIpc) is 2.98. The second kappa shape index (κ2) is 8.58. The number of guanidine groups is 1. The summed E-state index contributed by atoms with van der Waals surface area (Å²) in [5.74, 6) is 0.677. The normalized spacial score (nSPS) is 18.9. The molecule has 0 bridgehead atoms. The minimum atomic E-state index is -3.26. The van der Waals surface area contributed by atoms with E-state index in [4.69, 9.17) is 0 Å². The zero-order valence-electron chi connectivity index (χ0n) is 15.7. The van der Waals surface area contributed by atoms with Gasteiger partial charge in [-0.3, -0.25) is 4.99 Å². The Morgan fingerprint density at radius 2 is 2.00 bits per heavy atom. The number of hydrogen-bond acceptors (Lipinski definition) is 4. The van der Waals surface area contributed by atoms with E-state index >= 15 is 0 Å². The van der Waals surface area contributed by atoms with Crippen molar-refractivity contribution < 1.29 is 8.42 Å². The summed E-state index contributed by atoms with van der Waals surface area (Å²) < 4.78 is 26.6. The molecule has 1 atom stereocenters. The van der Waals surface area contributed by atoms with Crippen LogP contribution in [0.4, 0.5) is 5.69 Å². The van der Waals surface area contributed by atoms with Crippen LogP contribution in [-0.4, -0.2) is 58.9 Å². The lowest BCUT2D eigenvalue weighted by molar-refractivity contribution is 0.445. The summed E-state index contributed by atoms with van der Waals surface area (Å²) in [5.41, 5.74) is 0.601. The summed E-state index contributed by atoms with van der Waals surface area (Å²) in [6, 6.07) is 8.61. The number of hydrogen-bond donors (Lipinski definition) is 3. The van der Waals surface area contributed by atoms with Crippen LogP contribution in [0, 0.1) is 0 Å². The van der Waals surface area contributed by atoms with Crippen molar-refractivity contribution in [2.45, 2.75) is 31.8 Å². The summed E-state index contributed by atoms with van der Waals surface area (Å²) in [5, 5.41) is 6.63. The smallest absolute Gasteiger partial charge is 0.209 e. The van der Waals surface area contributed by atoms with Crippen LogP contribution >= 0.6 is 15.9 Å². The lowest BCUT2D eigenvalue weighted by atomic mass is 10.1. The molecule has 1 aliphatic rings. The highest BCUT2D eigenvalue weighted by Crippen LogP contribution is 2.22. The summed E-state index contributed by atoms with van der Waals surface area (Å²) in [6.45, 7) is 5.98. The molecule has 0 radical (unpaired) electrons. The van der Waals surface area contributed by atoms with E-state index in [1.165, 1.54) is 5.69 Å². The predicted molar refractivity (Wildman–Crippen MR) is 111 cm³/mol. The van der Waals surface area contributed by atoms with Gasteiger partial charge in [0, 0.05) is 48.4 Å². The van der Waals surface area contributed by atoms with Gasteiger partial charge in [-0.15, -0.1) is 0 Å². The molecule has 1 unspecified atom stereocenters. The van der Waals surface area contributed by atoms with Gasteiger partial charge in [0.05, 0.1) is 6.26 Å². The van der Waals surface area contributed by atoms with Crippen molar-refractivity contribution in [1.29, 1.82) is 0 Å². The molecule has 26 heavy (non-hydrogen) atoms. The second-order valence-electron chi connectivity index (χ2n) is 7.24. The van der Waals surface area contributed by atoms with Crippen LogP contribution in [0.15, 0.2) is 33.7 Å². The third-order valence-electron chi connectivity index (χ3n) is 4.10. The molecule has 1 aliphatic heterocycles. The second-order valence-corrected chi connectivity index (χ2v) is 9.90. The Balaban J connectivity index is 1.86. The Bertz CT molecular complexity index is 734. The number of anilines is 1. The van der Waals surface area contributed by atoms with Gasteiger partial charge >= 0.3 is 0 Å². The van der Waals surface area contributed by atoms with E-state index in [-0.39, 0.29) is 6.04 Å². The first kappa shape index (κ1) is 21.0. The first-order valence-corrected chi connectivity index (χ1v) is 11.2. The van der Waals surface area contributed by atoms with Crippen LogP contribution in [0.5, 0.6) is 0 Å². The molecular weight excluding hydrogens is 418 g/mol. The molecule has 7 nitrogen and oxygen atoms in total. The molecule has 1 aromatic rings. The molecule has 1 fully saturated rings. The maximum atomic E-state index is 11.4. The van der Waals surface area contributed by atoms with Crippen LogP contribution in [0.2, 0.25) is 0 Å². The third-order valence-corrected chi connectivity index (χ3v) is 5.56. The number of halogens is 1. The molecule has 146 valence electrons. The first-order valence-electron chi connectivity index (χ1n) is 8.55. The molecule has 0 amide bonds. The SMILES string of the molecule is CN=C(NCC(C)(C)NS(C)(=O)=O)NC1CCN(c2ccc(Br)cc2)C1. The molecule has 0 spiro atoms. The Hall–Kier alpha value is -1.32. The first-order chi connectivity index (χ1) is 12.1. The average molecular weight is 446 g/mol. The molecule has 0 aliphatic carbocycles. The third kappa shape index (κ3) is 6.77. The van der Waals surface area contributed by atoms with Crippen LogP contribution in [0.1, 0.15) is 20.3 Å². The van der Waals surface area contributed by atoms with Crippen molar-refractivity contribution in [2.24, 2.45) is 4.99 Å². The number of nitrogens with zero attached hydrogens (tertiary/aromatic N) is 2. The van der Waals surface area contributed by atoms with Crippen molar-refractivity contribution in [3.05, 3.63) is 28.7 Å². The van der Waals surface area contributed by atoms with Gasteiger partial charge in [0.25, 0.3) is 0 Å². The molecule has 0 saturated carbocycles. The zero-order chi connectivity index (χ0) is 19.4. The highest BCUT2D eigenvalue weighted by atomic mass is 79.9. The largest absolute Gasteiger partial charge is 0.369 e. The minimum Gasteiger partial charge on any atom is -0.369 e. The molecule has 3 N–H and O–H groups in total. The fraction of sp³-hybridized carbons (Fsp3) is 0.588. The van der Waals surface area contributed by atoms with E-state index in [0.717, 1.165) is 30.2 Å². The lowest BCUT2D eigenvalue weighted by Crippen LogP contribution is -2.54. The summed E-state index contributed by atoms with van der Waals surface area (Å²) in [4.78, 5) is 6.59. The monoisotopic (exact) mass is 445 g/mol. The van der Waals surface area contributed by atoms with Crippen LogP contribution < -0.4 is 20.3 Å². The Morgan fingerprint density at radius 3 is 2.58 bits per heavy atom. The molecule has 9 heteroatoms. The highest BCUT2D eigenvalue weighted by Gasteiger charge is 2.25. The van der Waals surface area contributed by atoms with Gasteiger partial charge in [-0.2, -0.15) is 0 Å². The van der Waals surface area contributed by atoms with Crippen molar-refractivity contribution in [3.8, 4) is 0 Å². The summed E-state index contributed by atoms with van der Waals surface area (Å²) in [6.07, 6.45) is 2.18. The van der Waals surface area contributed by atoms with Crippen molar-refractivity contribution in [1.82, 2.24) is 15.4 Å². The van der Waals surface area contributed by atoms with E-state index in [2.05, 4.69) is 53.3 Å². The Kier molecular flexibility index (Phi) is 6.92. The minimum absolute atomic E-state index is 0.288. The summed E-state index contributed by atoms with van der Waals surface area (Å²) >= 11 is 3.46. The predicted octanol–water partition coefficient (Wildman–Crippen LogP) is 1.52. The quantitative estimate of drug-likeness (QED) is 0.456. The summed E-state index contributed by atoms with van der Waals surface area (Å²) in [7, 11) is -1.54. The van der Waals surface area contributed by atoms with E-state index < -0.39 is 15.6 Å². The maximum absolute atomic E-state index is 11.4. The van der Waals surface area contributed by atoms with Crippen LogP contribution in [0.25, 0.3) is 0 Å². The molecule has 1 heterocycles.